The highest BCUT2D eigenvalue weighted by Gasteiger charge is 2.26. The fraction of sp³-hybridized carbons (Fsp3) is 0.118. The Labute approximate surface area is 131 Å². The van der Waals surface area contributed by atoms with E-state index in [0.717, 1.165) is 5.56 Å². The molecule has 2 aromatic rings. The van der Waals surface area contributed by atoms with Gasteiger partial charge in [0, 0.05) is 5.56 Å². The van der Waals surface area contributed by atoms with Gasteiger partial charge in [-0.2, -0.15) is 0 Å². The maximum atomic E-state index is 11.5. The number of aromatic carboxylic acids is 2. The van der Waals surface area contributed by atoms with Crippen molar-refractivity contribution in [1.82, 2.24) is 0 Å². The molecule has 0 spiro atoms. The molecule has 0 amide bonds. The second-order valence-electron chi connectivity index (χ2n) is 4.80. The van der Waals surface area contributed by atoms with Gasteiger partial charge in [-0.15, -0.1) is 0 Å². The lowest BCUT2D eigenvalue weighted by molar-refractivity contribution is 0.0645. The summed E-state index contributed by atoms with van der Waals surface area (Å²) in [5, 5.41) is 18.6. The lowest BCUT2D eigenvalue weighted by Crippen LogP contribution is -2.15. The highest BCUT2D eigenvalue weighted by atomic mass is 16.5. The van der Waals surface area contributed by atoms with Crippen LogP contribution in [-0.2, 0) is 6.61 Å². The minimum atomic E-state index is -1.49. The molecule has 2 rings (SSSR count). The number of hydrogen-bond donors (Lipinski definition) is 2. The molecule has 0 aliphatic heterocycles. The fourth-order valence-electron chi connectivity index (χ4n) is 2.17. The zero-order chi connectivity index (χ0) is 17.0. The first-order valence-corrected chi connectivity index (χ1v) is 6.73. The van der Waals surface area contributed by atoms with Crippen molar-refractivity contribution in [1.29, 1.82) is 0 Å². The number of carbonyl (C=O) groups is 3. The number of carboxylic acids is 2. The Morgan fingerprint density at radius 1 is 0.913 bits per heavy atom. The monoisotopic (exact) mass is 314 g/mol. The molecule has 0 fully saturated rings. The van der Waals surface area contributed by atoms with Crippen molar-refractivity contribution in [2.24, 2.45) is 0 Å². The van der Waals surface area contributed by atoms with Crippen LogP contribution in [0, 0.1) is 0 Å². The molecule has 0 saturated heterocycles. The van der Waals surface area contributed by atoms with E-state index in [-0.39, 0.29) is 17.9 Å². The number of carbonyl (C=O) groups excluding carboxylic acids is 1. The molecular weight excluding hydrogens is 300 g/mol. The fourth-order valence-corrected chi connectivity index (χ4v) is 2.17. The minimum absolute atomic E-state index is 0.0829. The molecule has 0 atom stereocenters. The summed E-state index contributed by atoms with van der Waals surface area (Å²) in [6, 6.07) is 11.6. The second-order valence-corrected chi connectivity index (χ2v) is 4.80. The number of rotatable bonds is 6. The molecule has 6 nitrogen and oxygen atoms in total. The standard InChI is InChI=1S/C17H14O6/c1-10(18)12-7-8-13(15(17(21)22)14(12)16(19)20)23-9-11-5-3-2-4-6-11/h2-8H,9H2,1H3,(H,19,20)(H,21,22). The smallest absolute Gasteiger partial charge is 0.340 e. The van der Waals surface area contributed by atoms with Gasteiger partial charge in [0.05, 0.1) is 5.56 Å². The normalized spacial score (nSPS) is 10.1. The molecule has 118 valence electrons. The van der Waals surface area contributed by atoms with Crippen LogP contribution < -0.4 is 4.74 Å². The maximum Gasteiger partial charge on any atom is 0.340 e. The van der Waals surface area contributed by atoms with Crippen molar-refractivity contribution in [2.75, 3.05) is 0 Å². The van der Waals surface area contributed by atoms with Crippen LogP contribution in [0.5, 0.6) is 5.75 Å². The zero-order valence-corrected chi connectivity index (χ0v) is 12.3. The van der Waals surface area contributed by atoms with Gasteiger partial charge in [0.15, 0.2) is 5.78 Å². The van der Waals surface area contributed by atoms with Gasteiger partial charge in [-0.3, -0.25) is 4.79 Å². The summed E-state index contributed by atoms with van der Waals surface area (Å²) in [6.45, 7) is 1.26. The molecule has 2 N–H and O–H groups in total. The van der Waals surface area contributed by atoms with Crippen molar-refractivity contribution >= 4 is 17.7 Å². The van der Waals surface area contributed by atoms with Gasteiger partial charge in [0.25, 0.3) is 0 Å². The molecule has 0 radical (unpaired) electrons. The molecule has 0 saturated carbocycles. The second kappa shape index (κ2) is 6.74. The Hall–Kier alpha value is -3.15. The van der Waals surface area contributed by atoms with Crippen LogP contribution in [0.3, 0.4) is 0 Å². The van der Waals surface area contributed by atoms with E-state index >= 15 is 0 Å². The quantitative estimate of drug-likeness (QED) is 0.795. The van der Waals surface area contributed by atoms with Crippen molar-refractivity contribution in [3.8, 4) is 5.75 Å². The van der Waals surface area contributed by atoms with Crippen LogP contribution >= 0.6 is 0 Å². The first-order chi connectivity index (χ1) is 10.9. The minimum Gasteiger partial charge on any atom is -0.488 e. The van der Waals surface area contributed by atoms with Gasteiger partial charge >= 0.3 is 11.9 Å². The number of ether oxygens (including phenoxy) is 1. The van der Waals surface area contributed by atoms with Gasteiger partial charge < -0.3 is 14.9 Å². The Morgan fingerprint density at radius 3 is 2.04 bits per heavy atom. The molecule has 6 heteroatoms. The summed E-state index contributed by atoms with van der Waals surface area (Å²) in [4.78, 5) is 34.4. The third kappa shape index (κ3) is 3.55. The molecule has 0 aromatic heterocycles. The summed E-state index contributed by atoms with van der Waals surface area (Å²) in [7, 11) is 0. The maximum absolute atomic E-state index is 11.5. The largest absolute Gasteiger partial charge is 0.488 e. The third-order valence-corrected chi connectivity index (χ3v) is 3.21. The highest BCUT2D eigenvalue weighted by molar-refractivity contribution is 6.12. The summed E-state index contributed by atoms with van der Waals surface area (Å²) in [5.41, 5.74) is -0.449. The van der Waals surface area contributed by atoms with E-state index < -0.39 is 28.8 Å². The molecule has 0 unspecified atom stereocenters. The lowest BCUT2D eigenvalue weighted by Gasteiger charge is -2.13. The van der Waals surface area contributed by atoms with Crippen molar-refractivity contribution in [3.63, 3.8) is 0 Å². The summed E-state index contributed by atoms with van der Waals surface area (Å²) < 4.78 is 5.45. The SMILES string of the molecule is CC(=O)c1ccc(OCc2ccccc2)c(C(=O)O)c1C(=O)O. The average molecular weight is 314 g/mol. The van der Waals surface area contributed by atoms with E-state index in [4.69, 9.17) is 4.74 Å². The Kier molecular flexibility index (Phi) is 4.75. The van der Waals surface area contributed by atoms with E-state index in [1.807, 2.05) is 6.07 Å². The van der Waals surface area contributed by atoms with Gasteiger partial charge in [0.1, 0.15) is 17.9 Å². The lowest BCUT2D eigenvalue weighted by atomic mass is 9.97. The predicted molar refractivity (Wildman–Crippen MR) is 81.1 cm³/mol. The van der Waals surface area contributed by atoms with Crippen LogP contribution in [0.1, 0.15) is 43.6 Å². The summed E-state index contributed by atoms with van der Waals surface area (Å²) in [5.74, 6) is -3.57. The van der Waals surface area contributed by atoms with Gasteiger partial charge in [-0.1, -0.05) is 30.3 Å². The van der Waals surface area contributed by atoms with E-state index in [1.165, 1.54) is 19.1 Å². The van der Waals surface area contributed by atoms with Gasteiger partial charge in [-0.05, 0) is 24.6 Å². The molecule has 23 heavy (non-hydrogen) atoms. The number of benzene rings is 2. The van der Waals surface area contributed by atoms with Crippen molar-refractivity contribution < 1.29 is 29.3 Å². The van der Waals surface area contributed by atoms with Crippen molar-refractivity contribution in [3.05, 3.63) is 64.7 Å². The Morgan fingerprint density at radius 2 is 1.52 bits per heavy atom. The van der Waals surface area contributed by atoms with Gasteiger partial charge in [-0.25, -0.2) is 9.59 Å². The van der Waals surface area contributed by atoms with Crippen LogP contribution in [0.25, 0.3) is 0 Å². The first kappa shape index (κ1) is 16.2. The molecule has 0 heterocycles. The first-order valence-electron chi connectivity index (χ1n) is 6.73. The molecular formula is C17H14O6. The molecule has 0 aliphatic carbocycles. The molecule has 0 bridgehead atoms. The Balaban J connectivity index is 2.47. The van der Waals surface area contributed by atoms with Crippen molar-refractivity contribution in [2.45, 2.75) is 13.5 Å². The Bertz CT molecular complexity index is 764. The average Bonchev–Trinajstić information content (AvgIpc) is 2.52. The van der Waals surface area contributed by atoms with E-state index in [1.54, 1.807) is 24.3 Å². The number of Topliss-reactive ketones (excluding diaryl/α,β-unsaturated/α-hetero) is 1. The number of hydrogen-bond acceptors (Lipinski definition) is 4. The summed E-state index contributed by atoms with van der Waals surface area (Å²) >= 11 is 0. The predicted octanol–water partition coefficient (Wildman–Crippen LogP) is 2.86. The van der Waals surface area contributed by atoms with Crippen LogP contribution in [-0.4, -0.2) is 27.9 Å². The van der Waals surface area contributed by atoms with Crippen LogP contribution in [0.4, 0.5) is 0 Å². The highest BCUT2D eigenvalue weighted by Crippen LogP contribution is 2.27. The number of ketones is 1. The van der Waals surface area contributed by atoms with E-state index in [0.29, 0.717) is 0 Å². The van der Waals surface area contributed by atoms with Crippen LogP contribution in [0.15, 0.2) is 42.5 Å². The zero-order valence-electron chi connectivity index (χ0n) is 12.3. The van der Waals surface area contributed by atoms with E-state index in [9.17, 15) is 24.6 Å². The van der Waals surface area contributed by atoms with Gasteiger partial charge in [0.2, 0.25) is 0 Å². The summed E-state index contributed by atoms with van der Waals surface area (Å²) in [6.07, 6.45) is 0. The molecule has 0 aliphatic rings. The van der Waals surface area contributed by atoms with Crippen LogP contribution in [0.2, 0.25) is 0 Å². The number of carboxylic acid groups (broad SMARTS) is 2. The molecule has 2 aromatic carbocycles. The topological polar surface area (TPSA) is 101 Å². The van der Waals surface area contributed by atoms with E-state index in [2.05, 4.69) is 0 Å². The third-order valence-electron chi connectivity index (χ3n) is 3.21.